The minimum absolute atomic E-state index is 0.122. The summed E-state index contributed by atoms with van der Waals surface area (Å²) in [6, 6.07) is 17.8. The van der Waals surface area contributed by atoms with Crippen LogP contribution in [0.3, 0.4) is 0 Å². The number of hydrogen-bond acceptors (Lipinski definition) is 3. The van der Waals surface area contributed by atoms with E-state index < -0.39 is 5.97 Å². The first-order chi connectivity index (χ1) is 14.0. The molecule has 3 rings (SSSR count). The maximum atomic E-state index is 10.6. The van der Waals surface area contributed by atoms with Gasteiger partial charge in [-0.2, -0.15) is 0 Å². The van der Waals surface area contributed by atoms with E-state index in [9.17, 15) is 4.79 Å². The van der Waals surface area contributed by atoms with Gasteiger partial charge in [0.15, 0.2) is 0 Å². The molecule has 0 radical (unpaired) electrons. The third-order valence-corrected chi connectivity index (χ3v) is 5.33. The monoisotopic (exact) mass is 431 g/mol. The quantitative estimate of drug-likeness (QED) is 0.402. The lowest BCUT2D eigenvalue weighted by Gasteiger charge is -2.10. The largest absolute Gasteiger partial charge is 0.494 e. The van der Waals surface area contributed by atoms with Gasteiger partial charge in [-0.3, -0.25) is 4.79 Å². The number of carbonyl (C=O) groups is 1. The molecule has 0 amide bonds. The zero-order valence-corrected chi connectivity index (χ0v) is 17.5. The number of carboxylic acids is 1. The standard InChI is InChI=1S/C23H23Cl2NO3/c24-21-4-1-5-22(25)20(21)3-2-12-29-19-9-8-17-13-16(6-7-18(17)14-19)15-26-11-10-23(27)28/h1,4-9,13-14,26H,2-3,10-12,15H2,(H,27,28). The summed E-state index contributed by atoms with van der Waals surface area (Å²) in [7, 11) is 0. The van der Waals surface area contributed by atoms with Crippen molar-refractivity contribution in [1.29, 1.82) is 0 Å². The van der Waals surface area contributed by atoms with E-state index in [-0.39, 0.29) is 6.42 Å². The molecule has 152 valence electrons. The Morgan fingerprint density at radius 3 is 2.48 bits per heavy atom. The Labute approximate surface area is 180 Å². The number of aliphatic carboxylic acids is 1. The second-order valence-corrected chi connectivity index (χ2v) is 7.63. The fourth-order valence-corrected chi connectivity index (χ4v) is 3.70. The number of rotatable bonds is 10. The first kappa shape index (κ1) is 21.4. The van der Waals surface area contributed by atoms with Gasteiger partial charge in [-0.1, -0.05) is 47.5 Å². The number of carboxylic acid groups (broad SMARTS) is 1. The molecule has 0 spiro atoms. The minimum atomic E-state index is -0.793. The molecule has 0 atom stereocenters. The molecule has 3 aromatic carbocycles. The Hall–Kier alpha value is -2.27. The lowest BCUT2D eigenvalue weighted by Crippen LogP contribution is -2.17. The lowest BCUT2D eigenvalue weighted by molar-refractivity contribution is -0.136. The van der Waals surface area contributed by atoms with Gasteiger partial charge in [-0.15, -0.1) is 0 Å². The van der Waals surface area contributed by atoms with Crippen molar-refractivity contribution in [1.82, 2.24) is 5.32 Å². The number of hydrogen-bond donors (Lipinski definition) is 2. The molecule has 29 heavy (non-hydrogen) atoms. The summed E-state index contributed by atoms with van der Waals surface area (Å²) < 4.78 is 5.89. The highest BCUT2D eigenvalue weighted by Crippen LogP contribution is 2.26. The molecule has 0 saturated heterocycles. The van der Waals surface area contributed by atoms with Crippen LogP contribution in [0.1, 0.15) is 24.0 Å². The second-order valence-electron chi connectivity index (χ2n) is 6.82. The summed E-state index contributed by atoms with van der Waals surface area (Å²) in [4.78, 5) is 10.6. The van der Waals surface area contributed by atoms with Gasteiger partial charge >= 0.3 is 5.97 Å². The van der Waals surface area contributed by atoms with Gasteiger partial charge in [0.05, 0.1) is 13.0 Å². The molecule has 0 aliphatic heterocycles. The summed E-state index contributed by atoms with van der Waals surface area (Å²) in [5.74, 6) is 0.0357. The number of nitrogens with one attached hydrogen (secondary N) is 1. The van der Waals surface area contributed by atoms with Crippen LogP contribution in [-0.2, 0) is 17.8 Å². The molecule has 6 heteroatoms. The average Bonchev–Trinajstić information content (AvgIpc) is 2.70. The first-order valence-electron chi connectivity index (χ1n) is 9.54. The summed E-state index contributed by atoms with van der Waals surface area (Å²) in [6.07, 6.45) is 1.71. The Balaban J connectivity index is 1.52. The third-order valence-electron chi connectivity index (χ3n) is 4.62. The molecule has 0 aromatic heterocycles. The van der Waals surface area contributed by atoms with E-state index >= 15 is 0 Å². The van der Waals surface area contributed by atoms with E-state index in [1.807, 2.05) is 42.5 Å². The topological polar surface area (TPSA) is 58.6 Å². The third kappa shape index (κ3) is 6.36. The van der Waals surface area contributed by atoms with Gasteiger partial charge in [0.25, 0.3) is 0 Å². The van der Waals surface area contributed by atoms with Crippen LogP contribution in [0.4, 0.5) is 0 Å². The van der Waals surface area contributed by atoms with E-state index in [4.69, 9.17) is 33.0 Å². The molecule has 3 aromatic rings. The Kier molecular flexibility index (Phi) is 7.76. The second kappa shape index (κ2) is 10.5. The average molecular weight is 432 g/mol. The van der Waals surface area contributed by atoms with Crippen LogP contribution in [0, 0.1) is 0 Å². The summed E-state index contributed by atoms with van der Waals surface area (Å²) in [6.45, 7) is 1.68. The molecule has 0 heterocycles. The number of halogens is 2. The molecule has 0 aliphatic rings. The SMILES string of the molecule is O=C(O)CCNCc1ccc2cc(OCCCc3c(Cl)cccc3Cl)ccc2c1. The van der Waals surface area contributed by atoms with E-state index in [1.54, 1.807) is 0 Å². The van der Waals surface area contributed by atoms with Crippen molar-refractivity contribution >= 4 is 39.9 Å². The Morgan fingerprint density at radius 1 is 1.00 bits per heavy atom. The highest BCUT2D eigenvalue weighted by molar-refractivity contribution is 6.35. The van der Waals surface area contributed by atoms with Crippen LogP contribution >= 0.6 is 23.2 Å². The van der Waals surface area contributed by atoms with E-state index in [1.165, 1.54) is 0 Å². The zero-order valence-electron chi connectivity index (χ0n) is 16.0. The van der Waals surface area contributed by atoms with Crippen LogP contribution < -0.4 is 10.1 Å². The van der Waals surface area contributed by atoms with Crippen molar-refractivity contribution < 1.29 is 14.6 Å². The van der Waals surface area contributed by atoms with Gasteiger partial charge < -0.3 is 15.2 Å². The minimum Gasteiger partial charge on any atom is -0.494 e. The molecule has 0 bridgehead atoms. The van der Waals surface area contributed by atoms with Gasteiger partial charge in [-0.25, -0.2) is 0 Å². The molecule has 0 aliphatic carbocycles. The Bertz CT molecular complexity index is 971. The number of fused-ring (bicyclic) bond motifs is 1. The van der Waals surface area contributed by atoms with E-state index in [2.05, 4.69) is 17.4 Å². The molecule has 2 N–H and O–H groups in total. The highest BCUT2D eigenvalue weighted by Gasteiger charge is 2.06. The molecule has 4 nitrogen and oxygen atoms in total. The van der Waals surface area contributed by atoms with Crippen molar-refractivity contribution in [3.8, 4) is 5.75 Å². The molecule has 0 unspecified atom stereocenters. The van der Waals surface area contributed by atoms with Crippen molar-refractivity contribution in [3.63, 3.8) is 0 Å². The summed E-state index contributed by atoms with van der Waals surface area (Å²) in [5, 5.41) is 15.4. The fraction of sp³-hybridized carbons (Fsp3) is 0.261. The number of benzene rings is 3. The highest BCUT2D eigenvalue weighted by atomic mass is 35.5. The lowest BCUT2D eigenvalue weighted by atomic mass is 10.1. The molecular weight excluding hydrogens is 409 g/mol. The van der Waals surface area contributed by atoms with Gasteiger partial charge in [0, 0.05) is 23.1 Å². The van der Waals surface area contributed by atoms with E-state index in [0.29, 0.717) is 29.7 Å². The predicted molar refractivity (Wildman–Crippen MR) is 118 cm³/mol. The van der Waals surface area contributed by atoms with Crippen molar-refractivity contribution in [2.24, 2.45) is 0 Å². The van der Waals surface area contributed by atoms with Crippen LogP contribution in [0.15, 0.2) is 54.6 Å². The number of ether oxygens (including phenoxy) is 1. The maximum absolute atomic E-state index is 10.6. The summed E-state index contributed by atoms with van der Waals surface area (Å²) >= 11 is 12.4. The summed E-state index contributed by atoms with van der Waals surface area (Å²) in [5.41, 5.74) is 2.08. The van der Waals surface area contributed by atoms with Crippen LogP contribution in [0.25, 0.3) is 10.8 Å². The molecule has 0 saturated carbocycles. The Morgan fingerprint density at radius 2 is 1.72 bits per heavy atom. The van der Waals surface area contributed by atoms with Crippen molar-refractivity contribution in [2.45, 2.75) is 25.8 Å². The zero-order chi connectivity index (χ0) is 20.6. The molecule has 0 fully saturated rings. The first-order valence-corrected chi connectivity index (χ1v) is 10.3. The van der Waals surface area contributed by atoms with Crippen molar-refractivity contribution in [3.05, 3.63) is 75.8 Å². The van der Waals surface area contributed by atoms with E-state index in [0.717, 1.165) is 40.5 Å². The van der Waals surface area contributed by atoms with Crippen LogP contribution in [0.2, 0.25) is 10.0 Å². The molecular formula is C23H23Cl2NO3. The smallest absolute Gasteiger partial charge is 0.304 e. The van der Waals surface area contributed by atoms with Gasteiger partial charge in [-0.05, 0) is 65.1 Å². The maximum Gasteiger partial charge on any atom is 0.304 e. The van der Waals surface area contributed by atoms with Gasteiger partial charge in [0.1, 0.15) is 5.75 Å². The fourth-order valence-electron chi connectivity index (χ4n) is 3.11. The van der Waals surface area contributed by atoms with Crippen molar-refractivity contribution in [2.75, 3.05) is 13.2 Å². The van der Waals surface area contributed by atoms with Crippen LogP contribution in [0.5, 0.6) is 5.75 Å². The van der Waals surface area contributed by atoms with Crippen LogP contribution in [-0.4, -0.2) is 24.2 Å². The predicted octanol–water partition coefficient (Wildman–Crippen LogP) is 5.72. The van der Waals surface area contributed by atoms with Gasteiger partial charge in [0.2, 0.25) is 0 Å². The normalized spacial score (nSPS) is 11.0.